The lowest BCUT2D eigenvalue weighted by Gasteiger charge is -2.10. The van der Waals surface area contributed by atoms with Crippen molar-refractivity contribution in [2.75, 3.05) is 14.2 Å². The second kappa shape index (κ2) is 8.20. The minimum absolute atomic E-state index is 0.00242. The molecular weight excluding hydrogens is 278 g/mol. The molecule has 0 radical (unpaired) electrons. The third-order valence-electron chi connectivity index (χ3n) is 3.42. The first-order chi connectivity index (χ1) is 10.7. The van der Waals surface area contributed by atoms with E-state index in [4.69, 9.17) is 9.47 Å². The number of ether oxygens (including phenoxy) is 2. The summed E-state index contributed by atoms with van der Waals surface area (Å²) in [6, 6.07) is 15.5. The van der Waals surface area contributed by atoms with Crippen LogP contribution in [-0.2, 0) is 29.1 Å². The molecule has 2 aromatic rings. The first kappa shape index (κ1) is 16.0. The van der Waals surface area contributed by atoms with E-state index in [2.05, 4.69) is 5.32 Å². The standard InChI is InChI=1S/C18H21NO3/c1-21-13-16-6-4-3-5-15(16)12-19-18(20)11-14-7-9-17(22-2)10-8-14/h3-10H,11-13H2,1-2H3,(H,19,20). The topological polar surface area (TPSA) is 47.6 Å². The molecule has 0 aliphatic heterocycles. The van der Waals surface area contributed by atoms with Gasteiger partial charge in [-0.3, -0.25) is 4.79 Å². The average molecular weight is 299 g/mol. The third-order valence-corrected chi connectivity index (χ3v) is 3.42. The molecule has 0 aliphatic carbocycles. The molecule has 0 fully saturated rings. The van der Waals surface area contributed by atoms with Gasteiger partial charge < -0.3 is 14.8 Å². The zero-order valence-corrected chi connectivity index (χ0v) is 13.0. The van der Waals surface area contributed by atoms with Crippen molar-refractivity contribution in [3.8, 4) is 5.75 Å². The molecule has 0 bridgehead atoms. The minimum atomic E-state index is -0.00242. The smallest absolute Gasteiger partial charge is 0.224 e. The molecule has 0 unspecified atom stereocenters. The van der Waals surface area contributed by atoms with E-state index in [1.165, 1.54) is 0 Å². The molecule has 2 rings (SSSR count). The largest absolute Gasteiger partial charge is 0.497 e. The zero-order valence-electron chi connectivity index (χ0n) is 13.0. The summed E-state index contributed by atoms with van der Waals surface area (Å²) in [5.41, 5.74) is 3.13. The van der Waals surface area contributed by atoms with E-state index >= 15 is 0 Å². The van der Waals surface area contributed by atoms with Crippen molar-refractivity contribution >= 4 is 5.91 Å². The lowest BCUT2D eigenvalue weighted by molar-refractivity contribution is -0.120. The van der Waals surface area contributed by atoms with Gasteiger partial charge in [-0.2, -0.15) is 0 Å². The third kappa shape index (κ3) is 4.60. The number of carbonyl (C=O) groups is 1. The normalized spacial score (nSPS) is 10.3. The van der Waals surface area contributed by atoms with Gasteiger partial charge in [0.2, 0.25) is 5.91 Å². The molecule has 0 saturated carbocycles. The fourth-order valence-electron chi connectivity index (χ4n) is 2.21. The van der Waals surface area contributed by atoms with Crippen LogP contribution in [0.15, 0.2) is 48.5 Å². The summed E-state index contributed by atoms with van der Waals surface area (Å²) in [6.07, 6.45) is 0.358. The molecule has 0 atom stereocenters. The predicted octanol–water partition coefficient (Wildman–Crippen LogP) is 2.70. The molecule has 0 spiro atoms. The number of methoxy groups -OCH3 is 2. The summed E-state index contributed by atoms with van der Waals surface area (Å²) in [7, 11) is 3.29. The molecule has 0 aromatic heterocycles. The van der Waals surface area contributed by atoms with Gasteiger partial charge in [0.15, 0.2) is 0 Å². The van der Waals surface area contributed by atoms with E-state index < -0.39 is 0 Å². The van der Waals surface area contributed by atoms with Gasteiger partial charge in [0.25, 0.3) is 0 Å². The van der Waals surface area contributed by atoms with Crippen LogP contribution >= 0.6 is 0 Å². The average Bonchev–Trinajstić information content (AvgIpc) is 2.55. The second-order valence-corrected chi connectivity index (χ2v) is 5.00. The van der Waals surface area contributed by atoms with Gasteiger partial charge in [0.05, 0.1) is 20.1 Å². The minimum Gasteiger partial charge on any atom is -0.497 e. The fourth-order valence-corrected chi connectivity index (χ4v) is 2.21. The van der Waals surface area contributed by atoms with Crippen LogP contribution in [0.2, 0.25) is 0 Å². The van der Waals surface area contributed by atoms with Crippen LogP contribution in [0.1, 0.15) is 16.7 Å². The van der Waals surface area contributed by atoms with Gasteiger partial charge in [-0.25, -0.2) is 0 Å². The molecule has 22 heavy (non-hydrogen) atoms. The highest BCUT2D eigenvalue weighted by molar-refractivity contribution is 5.78. The Bertz CT molecular complexity index is 608. The lowest BCUT2D eigenvalue weighted by Crippen LogP contribution is -2.25. The summed E-state index contributed by atoms with van der Waals surface area (Å²) < 4.78 is 10.3. The Balaban J connectivity index is 1.89. The summed E-state index contributed by atoms with van der Waals surface area (Å²) in [4.78, 5) is 12.0. The number of carbonyl (C=O) groups excluding carboxylic acids is 1. The number of amides is 1. The Morgan fingerprint density at radius 1 is 1.00 bits per heavy atom. The number of hydrogen-bond donors (Lipinski definition) is 1. The van der Waals surface area contributed by atoms with Crippen molar-refractivity contribution in [2.45, 2.75) is 19.6 Å². The monoisotopic (exact) mass is 299 g/mol. The molecule has 0 saturated heterocycles. The highest BCUT2D eigenvalue weighted by Crippen LogP contribution is 2.12. The first-order valence-corrected chi connectivity index (χ1v) is 7.18. The number of nitrogens with one attached hydrogen (secondary N) is 1. The van der Waals surface area contributed by atoms with Crippen LogP contribution < -0.4 is 10.1 Å². The van der Waals surface area contributed by atoms with Gasteiger partial charge in [-0.1, -0.05) is 36.4 Å². The molecule has 0 heterocycles. The molecule has 2 aromatic carbocycles. The van der Waals surface area contributed by atoms with Crippen LogP contribution in [-0.4, -0.2) is 20.1 Å². The van der Waals surface area contributed by atoms with E-state index in [-0.39, 0.29) is 5.91 Å². The molecule has 4 nitrogen and oxygen atoms in total. The Morgan fingerprint density at radius 3 is 2.32 bits per heavy atom. The highest BCUT2D eigenvalue weighted by Gasteiger charge is 2.06. The van der Waals surface area contributed by atoms with Crippen molar-refractivity contribution in [2.24, 2.45) is 0 Å². The second-order valence-electron chi connectivity index (χ2n) is 5.00. The van der Waals surface area contributed by atoms with Crippen molar-refractivity contribution in [1.82, 2.24) is 5.32 Å². The fraction of sp³-hybridized carbons (Fsp3) is 0.278. The number of benzene rings is 2. The van der Waals surface area contributed by atoms with Crippen molar-refractivity contribution < 1.29 is 14.3 Å². The Hall–Kier alpha value is -2.33. The SMILES string of the molecule is COCc1ccccc1CNC(=O)Cc1ccc(OC)cc1. The van der Waals surface area contributed by atoms with Gasteiger partial charge in [-0.05, 0) is 28.8 Å². The first-order valence-electron chi connectivity index (χ1n) is 7.18. The molecule has 1 N–H and O–H groups in total. The lowest BCUT2D eigenvalue weighted by atomic mass is 10.1. The molecule has 4 heteroatoms. The van der Waals surface area contributed by atoms with Gasteiger partial charge in [-0.15, -0.1) is 0 Å². The quantitative estimate of drug-likeness (QED) is 0.855. The summed E-state index contributed by atoms with van der Waals surface area (Å²) in [6.45, 7) is 1.05. The maximum Gasteiger partial charge on any atom is 0.224 e. The van der Waals surface area contributed by atoms with Crippen LogP contribution in [0, 0.1) is 0 Å². The van der Waals surface area contributed by atoms with Gasteiger partial charge >= 0.3 is 0 Å². The van der Waals surface area contributed by atoms with Crippen LogP contribution in [0.3, 0.4) is 0 Å². The van der Waals surface area contributed by atoms with Gasteiger partial charge in [0.1, 0.15) is 5.75 Å². The maximum absolute atomic E-state index is 12.0. The Labute approximate surface area is 131 Å². The van der Waals surface area contributed by atoms with E-state index in [1.54, 1.807) is 14.2 Å². The van der Waals surface area contributed by atoms with Crippen molar-refractivity contribution in [3.63, 3.8) is 0 Å². The maximum atomic E-state index is 12.0. The number of rotatable bonds is 7. The molecule has 0 aliphatic rings. The van der Waals surface area contributed by atoms with Gasteiger partial charge in [0, 0.05) is 13.7 Å². The van der Waals surface area contributed by atoms with E-state index in [1.807, 2.05) is 48.5 Å². The summed E-state index contributed by atoms with van der Waals surface area (Å²) >= 11 is 0. The molecule has 116 valence electrons. The van der Waals surface area contributed by atoms with E-state index in [0.29, 0.717) is 19.6 Å². The van der Waals surface area contributed by atoms with Crippen molar-refractivity contribution in [1.29, 1.82) is 0 Å². The Morgan fingerprint density at radius 2 is 1.68 bits per heavy atom. The van der Waals surface area contributed by atoms with Crippen LogP contribution in [0.4, 0.5) is 0 Å². The molecule has 1 amide bonds. The highest BCUT2D eigenvalue weighted by atomic mass is 16.5. The summed E-state index contributed by atoms with van der Waals surface area (Å²) in [5, 5.41) is 2.95. The number of hydrogen-bond acceptors (Lipinski definition) is 3. The van der Waals surface area contributed by atoms with Crippen LogP contribution in [0.5, 0.6) is 5.75 Å². The zero-order chi connectivity index (χ0) is 15.8. The summed E-state index contributed by atoms with van der Waals surface area (Å²) in [5.74, 6) is 0.787. The predicted molar refractivity (Wildman–Crippen MR) is 85.7 cm³/mol. The van der Waals surface area contributed by atoms with E-state index in [9.17, 15) is 4.79 Å². The van der Waals surface area contributed by atoms with Crippen molar-refractivity contribution in [3.05, 3.63) is 65.2 Å². The van der Waals surface area contributed by atoms with E-state index in [0.717, 1.165) is 22.4 Å². The molecular formula is C18H21NO3. The van der Waals surface area contributed by atoms with Crippen LogP contribution in [0.25, 0.3) is 0 Å². The Kier molecular flexibility index (Phi) is 5.98.